The topological polar surface area (TPSA) is 542 Å². The van der Waals surface area contributed by atoms with E-state index >= 15 is 9.59 Å². The molecule has 556 valence electrons. The Kier molecular flexibility index (Phi) is 28.0. The van der Waals surface area contributed by atoms with Gasteiger partial charge in [-0.1, -0.05) is 103 Å². The molecule has 2 aliphatic rings. The number of phenolic OH excluding ortho intramolecular Hbond substituents is 2. The lowest BCUT2D eigenvalue weighted by atomic mass is 10.0. The first-order valence-corrected chi connectivity index (χ1v) is 34.1. The van der Waals surface area contributed by atoms with Crippen LogP contribution in [0.4, 0.5) is 0 Å². The van der Waals surface area contributed by atoms with Crippen molar-refractivity contribution >= 4 is 93.7 Å². The van der Waals surface area contributed by atoms with Crippen molar-refractivity contribution in [2.24, 2.45) is 22.9 Å². The first-order chi connectivity index (χ1) is 50.2. The molecule has 105 heavy (non-hydrogen) atoms. The van der Waals surface area contributed by atoms with Crippen molar-refractivity contribution in [1.29, 1.82) is 5.41 Å². The standard InChI is InChI=1S/C72H88N18O15/c1-39-62(96)84-52(32-40-12-4-2-5-13-40)68(102)89-57(70(104)83-51(61(75)95)31-43-22-26-46(92)27-23-43)38-80-64(98)56(85-63(97)48(73)30-42-20-24-45(91)25-21-42)36-60(94)90-29-11-19-58(90)71(105)88-53(33-41-14-6-3-7-15-41)67(101)82-50(18-10-28-78-72(76)77)65(99)86-54(34-44-37-79-49-17-9-8-16-47(44)49)69(103)87-55(35-59(74)93)66(100)81-39/h2-9,12-17,20-27,37,39,48,50-58,79,91-92H,10-11,18-19,28-36,38,73H2,1H3,(H2,74,93)(H2,75,95)(H,80,98)(H,81,100)(H,82,101)(H,83,104)(H,84,96)(H,85,97)(H,86,99)(H,87,103)(H,88,105)(H,89,102)(H4,76,77,78)/t39-,48-,50-,51-,52-,53+,54-,55-,56+,57?,58-/m0/s1. The number of aromatic nitrogens is 1. The summed E-state index contributed by atoms with van der Waals surface area (Å²) >= 11 is 0. The molecule has 0 saturated carbocycles. The number of benzene rings is 5. The number of para-hydroxylation sites is 1. The number of H-pyrrole nitrogens is 1. The largest absolute Gasteiger partial charge is 0.508 e. The van der Waals surface area contributed by atoms with E-state index in [2.05, 4.69) is 63.5 Å². The van der Waals surface area contributed by atoms with Crippen LogP contribution in [0.1, 0.15) is 73.3 Å². The van der Waals surface area contributed by atoms with Crippen LogP contribution in [-0.4, -0.2) is 189 Å². The third-order valence-corrected chi connectivity index (χ3v) is 17.7. The fraction of sp³-hybridized carbons (Fsp3) is 0.361. The minimum absolute atomic E-state index is 0.0182. The van der Waals surface area contributed by atoms with Gasteiger partial charge in [0.15, 0.2) is 5.96 Å². The maximum absolute atomic E-state index is 15.0. The van der Waals surface area contributed by atoms with E-state index in [0.29, 0.717) is 38.7 Å². The molecule has 5 aromatic carbocycles. The van der Waals surface area contributed by atoms with Gasteiger partial charge in [-0.05, 0) is 97.2 Å². The molecule has 8 rings (SSSR count). The van der Waals surface area contributed by atoms with Gasteiger partial charge in [0.05, 0.1) is 18.9 Å². The van der Waals surface area contributed by atoms with Crippen molar-refractivity contribution in [2.45, 2.75) is 144 Å². The summed E-state index contributed by atoms with van der Waals surface area (Å²) < 4.78 is 0. The van der Waals surface area contributed by atoms with Crippen LogP contribution in [0.15, 0.2) is 140 Å². The minimum atomic E-state index is -1.91. The minimum Gasteiger partial charge on any atom is -0.508 e. The number of aromatic amines is 1. The molecule has 6 aromatic rings. The zero-order valence-corrected chi connectivity index (χ0v) is 57.5. The molecule has 0 bridgehead atoms. The van der Waals surface area contributed by atoms with Crippen LogP contribution in [0.5, 0.6) is 11.5 Å². The monoisotopic (exact) mass is 1440 g/mol. The van der Waals surface area contributed by atoms with E-state index in [1.165, 1.54) is 55.5 Å². The van der Waals surface area contributed by atoms with Gasteiger partial charge < -0.3 is 102 Å². The molecule has 2 aliphatic heterocycles. The van der Waals surface area contributed by atoms with Gasteiger partial charge in [0.25, 0.3) is 0 Å². The number of carbonyl (C=O) groups excluding carboxylic acids is 13. The lowest BCUT2D eigenvalue weighted by Crippen LogP contribution is -2.62. The number of nitrogens with two attached hydrogens (primary N) is 4. The number of rotatable bonds is 21. The Morgan fingerprint density at radius 2 is 1.11 bits per heavy atom. The van der Waals surface area contributed by atoms with Gasteiger partial charge in [0.2, 0.25) is 76.8 Å². The van der Waals surface area contributed by atoms with Crippen molar-refractivity contribution in [3.8, 4) is 11.5 Å². The molecular formula is C72H88N18O15. The number of amides is 13. The van der Waals surface area contributed by atoms with Gasteiger partial charge in [-0.15, -0.1) is 0 Å². The van der Waals surface area contributed by atoms with Gasteiger partial charge in [0.1, 0.15) is 71.9 Å². The molecule has 11 atom stereocenters. The maximum Gasteiger partial charge on any atom is 0.245 e. The second-order valence-corrected chi connectivity index (χ2v) is 25.8. The van der Waals surface area contributed by atoms with Crippen LogP contribution in [0, 0.1) is 5.41 Å². The molecule has 1 aromatic heterocycles. The Bertz CT molecular complexity index is 4130. The number of primary amides is 2. The Balaban J connectivity index is 1.20. The highest BCUT2D eigenvalue weighted by Gasteiger charge is 2.41. The fourth-order valence-electron chi connectivity index (χ4n) is 12.1. The molecule has 13 amide bonds. The third-order valence-electron chi connectivity index (χ3n) is 17.7. The molecule has 33 nitrogen and oxygen atoms in total. The molecule has 2 fully saturated rings. The second kappa shape index (κ2) is 37.5. The summed E-state index contributed by atoms with van der Waals surface area (Å²) in [6.07, 6.45) is -1.21. The summed E-state index contributed by atoms with van der Waals surface area (Å²) in [6.45, 7) is 0.265. The van der Waals surface area contributed by atoms with Crippen LogP contribution in [0.2, 0.25) is 0 Å². The first-order valence-electron chi connectivity index (χ1n) is 34.1. The summed E-state index contributed by atoms with van der Waals surface area (Å²) in [5.74, 6) is -13.9. The number of nitrogens with zero attached hydrogens (tertiary/aromatic N) is 1. The van der Waals surface area contributed by atoms with Gasteiger partial charge in [-0.3, -0.25) is 67.7 Å². The van der Waals surface area contributed by atoms with Crippen LogP contribution in [0.3, 0.4) is 0 Å². The summed E-state index contributed by atoms with van der Waals surface area (Å²) in [5.41, 5.74) is 26.5. The van der Waals surface area contributed by atoms with Crippen molar-refractivity contribution in [3.05, 3.63) is 167 Å². The van der Waals surface area contributed by atoms with Gasteiger partial charge in [-0.2, -0.15) is 0 Å². The number of aromatic hydroxyl groups is 2. The molecule has 0 radical (unpaired) electrons. The SMILES string of the molecule is C[C@@H]1NC(=O)[C@H](CC(N)=O)NC(=O)[C@H](Cc2c[nH]c3ccccc23)NC(=O)[C@H](CCCNC(=N)N)NC(=O)[C@@H](Cc2ccccc2)NC(=O)[C@@H]2CCCN2C(=O)C[C@@H](NC(=O)[C@@H](N)Cc2ccc(O)cc2)C(=O)NCC(C(=O)N[C@@H](Cc2ccc(O)cc2)C(N)=O)NC(=O)[C@H](Cc2ccccc2)NC1=O. The molecular weight excluding hydrogens is 1360 g/mol. The lowest BCUT2D eigenvalue weighted by molar-refractivity contribution is -0.141. The molecule has 1 unspecified atom stereocenters. The van der Waals surface area contributed by atoms with Crippen molar-refractivity contribution < 1.29 is 72.5 Å². The quantitative estimate of drug-likeness (QED) is 0.0193. The Morgan fingerprint density at radius 1 is 0.590 bits per heavy atom. The smallest absolute Gasteiger partial charge is 0.245 e. The number of hydrogen-bond acceptors (Lipinski definition) is 17. The zero-order valence-electron chi connectivity index (χ0n) is 57.5. The van der Waals surface area contributed by atoms with Crippen LogP contribution in [-0.2, 0) is 94.4 Å². The third kappa shape index (κ3) is 23.3. The van der Waals surface area contributed by atoms with Gasteiger partial charge in [-0.25, -0.2) is 0 Å². The van der Waals surface area contributed by atoms with E-state index in [1.807, 2.05) is 0 Å². The number of nitrogens with one attached hydrogen (secondary N) is 13. The number of hydrogen-bond donors (Lipinski definition) is 19. The summed E-state index contributed by atoms with van der Waals surface area (Å²) in [7, 11) is 0. The average molecular weight is 1450 g/mol. The van der Waals surface area contributed by atoms with E-state index in [0.717, 1.165) is 4.90 Å². The summed E-state index contributed by atoms with van der Waals surface area (Å²) in [4.78, 5) is 193. The first kappa shape index (κ1) is 78.3. The summed E-state index contributed by atoms with van der Waals surface area (Å²) in [6, 6.07) is 17.1. The van der Waals surface area contributed by atoms with Crippen LogP contribution in [0.25, 0.3) is 10.9 Å². The molecule has 33 heteroatoms. The predicted molar refractivity (Wildman–Crippen MR) is 381 cm³/mol. The fourth-order valence-corrected chi connectivity index (χ4v) is 12.1. The highest BCUT2D eigenvalue weighted by Crippen LogP contribution is 2.23. The highest BCUT2D eigenvalue weighted by molar-refractivity contribution is 6.01. The Morgan fingerprint density at radius 3 is 1.71 bits per heavy atom. The second-order valence-electron chi connectivity index (χ2n) is 25.8. The van der Waals surface area contributed by atoms with Crippen molar-refractivity contribution in [2.75, 3.05) is 19.6 Å². The average Bonchev–Trinajstić information content (AvgIpc) is 1.73. The van der Waals surface area contributed by atoms with E-state index in [1.54, 1.807) is 91.1 Å². The summed E-state index contributed by atoms with van der Waals surface area (Å²) in [5, 5.41) is 56.7. The Hall–Kier alpha value is -12.4. The number of guanidine groups is 1. The number of phenols is 2. The van der Waals surface area contributed by atoms with Crippen LogP contribution >= 0.6 is 0 Å². The van der Waals surface area contributed by atoms with Crippen molar-refractivity contribution in [1.82, 2.24) is 68.4 Å². The number of carbonyl (C=O) groups is 13. The molecule has 0 spiro atoms. The van der Waals surface area contributed by atoms with E-state index in [9.17, 15) is 63.0 Å². The van der Waals surface area contributed by atoms with Crippen LogP contribution < -0.4 is 81.4 Å². The predicted octanol–water partition coefficient (Wildman–Crippen LogP) is -3.06. The zero-order chi connectivity index (χ0) is 75.9. The van der Waals surface area contributed by atoms with E-state index < -0.39 is 169 Å². The number of fused-ring (bicyclic) bond motifs is 2. The lowest BCUT2D eigenvalue weighted by Gasteiger charge is -2.29. The normalized spacial score (nSPS) is 22.0. The van der Waals surface area contributed by atoms with E-state index in [4.69, 9.17) is 28.3 Å². The molecule has 23 N–H and O–H groups in total. The molecule has 2 saturated heterocycles. The van der Waals surface area contributed by atoms with Gasteiger partial charge >= 0.3 is 0 Å². The van der Waals surface area contributed by atoms with E-state index in [-0.39, 0.29) is 82.4 Å². The highest BCUT2D eigenvalue weighted by atomic mass is 16.3. The molecule has 0 aliphatic carbocycles. The van der Waals surface area contributed by atoms with Gasteiger partial charge in [0, 0.05) is 62.4 Å². The maximum atomic E-state index is 15.0. The Labute approximate surface area is 603 Å². The van der Waals surface area contributed by atoms with Crippen molar-refractivity contribution in [3.63, 3.8) is 0 Å². The molecule has 3 heterocycles.